The van der Waals surface area contributed by atoms with Gasteiger partial charge in [0.05, 0.1) is 31.8 Å². The summed E-state index contributed by atoms with van der Waals surface area (Å²) in [7, 11) is 0. The first kappa shape index (κ1) is 43.2. The molecular weight excluding hydrogens is 683 g/mol. The zero-order chi connectivity index (χ0) is 39.1. The number of unbranched alkanes of at least 4 members (excludes halogenated alkanes) is 2. The Labute approximate surface area is 322 Å². The molecule has 0 aliphatic heterocycles. The van der Waals surface area contributed by atoms with Crippen molar-refractivity contribution in [3.05, 3.63) is 88.8 Å². The van der Waals surface area contributed by atoms with E-state index < -0.39 is 31.2 Å². The highest BCUT2D eigenvalue weighted by atomic mass is 19.1. The summed E-state index contributed by atoms with van der Waals surface area (Å²) in [5, 5.41) is 39.7. The number of aliphatic hydroxyl groups is 4. The predicted molar refractivity (Wildman–Crippen MR) is 214 cm³/mol. The van der Waals surface area contributed by atoms with Crippen LogP contribution < -0.4 is 4.74 Å². The fraction of sp³-hybridized carbons (Fsp3) is 0.543. The molecule has 0 spiro atoms. The molecule has 0 saturated heterocycles. The number of carbonyl (C=O) groups is 1. The van der Waals surface area contributed by atoms with E-state index in [-0.39, 0.29) is 25.6 Å². The average Bonchev–Trinajstić information content (AvgIpc) is 3.19. The second-order valence-corrected chi connectivity index (χ2v) is 15.4. The quantitative estimate of drug-likeness (QED) is 0.0461. The average molecular weight is 747 g/mol. The zero-order valence-corrected chi connectivity index (χ0v) is 32.8. The second kappa shape index (κ2) is 21.5. The first-order chi connectivity index (χ1) is 26.1. The van der Waals surface area contributed by atoms with Gasteiger partial charge in [-0.15, -0.1) is 0 Å². The summed E-state index contributed by atoms with van der Waals surface area (Å²) in [6.07, 6.45) is 12.6. The number of rotatable bonds is 22. The van der Waals surface area contributed by atoms with Crippen molar-refractivity contribution in [3.8, 4) is 28.0 Å². The van der Waals surface area contributed by atoms with E-state index in [1.54, 1.807) is 13.0 Å². The smallest absolute Gasteiger partial charge is 0.333 e. The largest absolute Gasteiger partial charge is 0.492 e. The van der Waals surface area contributed by atoms with Gasteiger partial charge in [0.2, 0.25) is 0 Å². The number of esters is 1. The van der Waals surface area contributed by atoms with Crippen molar-refractivity contribution in [1.82, 2.24) is 0 Å². The molecule has 296 valence electrons. The highest BCUT2D eigenvalue weighted by Crippen LogP contribution is 2.40. The monoisotopic (exact) mass is 746 g/mol. The summed E-state index contributed by atoms with van der Waals surface area (Å²) >= 11 is 0. The highest BCUT2D eigenvalue weighted by Gasteiger charge is 2.30. The molecule has 0 radical (unpaired) electrons. The number of ether oxygens (including phenoxy) is 2. The van der Waals surface area contributed by atoms with E-state index in [4.69, 9.17) is 9.47 Å². The number of carbonyl (C=O) groups excluding carboxylic acids is 1. The third kappa shape index (κ3) is 11.5. The van der Waals surface area contributed by atoms with Gasteiger partial charge in [-0.05, 0) is 134 Å². The standard InChI is InChI=1S/C46H63FO7/c1-5-7-8-11-33-14-16-35(17-15-33)37-19-21-42(43(47)27-37)41-20-18-36(24-34(41)6-2)40-25-38(12-9-22-48)44(54-31-46(28-49,29-50)30-51)39(26-40)13-10-23-53-45(52)32(3)4/h18-21,24-27,33,35,48-51H,3,5-17,22-23,28-31H2,1-2,4H3. The number of hydrogen-bond donors (Lipinski definition) is 4. The molecule has 0 atom stereocenters. The molecule has 54 heavy (non-hydrogen) atoms. The molecule has 1 aliphatic carbocycles. The molecule has 1 fully saturated rings. The van der Waals surface area contributed by atoms with Crippen molar-refractivity contribution in [2.45, 2.75) is 110 Å². The minimum atomic E-state index is -1.24. The molecule has 0 heterocycles. The van der Waals surface area contributed by atoms with Crippen molar-refractivity contribution in [1.29, 1.82) is 0 Å². The Bertz CT molecular complexity index is 1650. The Balaban J connectivity index is 1.64. The molecule has 4 N–H and O–H groups in total. The first-order valence-corrected chi connectivity index (χ1v) is 20.1. The van der Waals surface area contributed by atoms with Gasteiger partial charge in [-0.25, -0.2) is 9.18 Å². The summed E-state index contributed by atoms with van der Waals surface area (Å²) in [6.45, 7) is 8.19. The molecule has 7 nitrogen and oxygen atoms in total. The van der Waals surface area contributed by atoms with E-state index in [2.05, 4.69) is 32.6 Å². The Hall–Kier alpha value is -3.56. The van der Waals surface area contributed by atoms with Crippen LogP contribution in [0.25, 0.3) is 22.3 Å². The van der Waals surface area contributed by atoms with Crippen LogP contribution >= 0.6 is 0 Å². The lowest BCUT2D eigenvalue weighted by Gasteiger charge is -2.29. The van der Waals surface area contributed by atoms with Gasteiger partial charge in [0.1, 0.15) is 18.2 Å². The summed E-state index contributed by atoms with van der Waals surface area (Å²) < 4.78 is 27.6. The third-order valence-electron chi connectivity index (χ3n) is 11.2. The highest BCUT2D eigenvalue weighted by molar-refractivity contribution is 5.86. The summed E-state index contributed by atoms with van der Waals surface area (Å²) in [5.74, 6) is 1.13. The molecule has 0 amide bonds. The van der Waals surface area contributed by atoms with Crippen LogP contribution in [0.4, 0.5) is 4.39 Å². The van der Waals surface area contributed by atoms with Crippen LogP contribution in [0.1, 0.15) is 113 Å². The van der Waals surface area contributed by atoms with Crippen molar-refractivity contribution in [3.63, 3.8) is 0 Å². The van der Waals surface area contributed by atoms with Gasteiger partial charge in [0.15, 0.2) is 0 Å². The number of aliphatic hydroxyl groups excluding tert-OH is 4. The number of hydrogen-bond acceptors (Lipinski definition) is 7. The topological polar surface area (TPSA) is 116 Å². The molecule has 3 aromatic rings. The zero-order valence-electron chi connectivity index (χ0n) is 32.8. The Morgan fingerprint density at radius 3 is 2.06 bits per heavy atom. The molecule has 0 bridgehead atoms. The van der Waals surface area contributed by atoms with Crippen molar-refractivity contribution in [2.24, 2.45) is 11.3 Å². The van der Waals surface area contributed by atoms with Gasteiger partial charge in [0.25, 0.3) is 0 Å². The van der Waals surface area contributed by atoms with Gasteiger partial charge in [-0.2, -0.15) is 0 Å². The van der Waals surface area contributed by atoms with Crippen LogP contribution in [0, 0.1) is 17.2 Å². The normalized spacial score (nSPS) is 16.0. The van der Waals surface area contributed by atoms with Gasteiger partial charge in [-0.3, -0.25) is 0 Å². The minimum absolute atomic E-state index is 0.0247. The lowest BCUT2D eigenvalue weighted by Crippen LogP contribution is -2.40. The molecule has 3 aromatic carbocycles. The van der Waals surface area contributed by atoms with Crippen LogP contribution in [0.15, 0.2) is 60.7 Å². The summed E-state index contributed by atoms with van der Waals surface area (Å²) in [4.78, 5) is 12.0. The maximum atomic E-state index is 15.9. The van der Waals surface area contributed by atoms with Crippen LogP contribution in [0.5, 0.6) is 5.75 Å². The van der Waals surface area contributed by atoms with Gasteiger partial charge >= 0.3 is 5.97 Å². The Morgan fingerprint density at radius 2 is 1.46 bits per heavy atom. The number of halogens is 1. The van der Waals surface area contributed by atoms with Crippen molar-refractivity contribution >= 4 is 5.97 Å². The number of benzene rings is 3. The lowest BCUT2D eigenvalue weighted by atomic mass is 9.77. The summed E-state index contributed by atoms with van der Waals surface area (Å²) in [6, 6.07) is 16.0. The van der Waals surface area contributed by atoms with E-state index in [1.165, 1.54) is 38.5 Å². The second-order valence-electron chi connectivity index (χ2n) is 15.4. The molecule has 0 aromatic heterocycles. The van der Waals surface area contributed by atoms with E-state index >= 15 is 4.39 Å². The van der Waals surface area contributed by atoms with E-state index in [9.17, 15) is 25.2 Å². The summed E-state index contributed by atoms with van der Waals surface area (Å²) in [5.41, 5.74) is 6.21. The fourth-order valence-electron chi connectivity index (χ4n) is 7.61. The molecule has 8 heteroatoms. The van der Waals surface area contributed by atoms with E-state index in [1.807, 2.05) is 30.3 Å². The van der Waals surface area contributed by atoms with Crippen LogP contribution in [0.3, 0.4) is 0 Å². The van der Waals surface area contributed by atoms with Crippen LogP contribution in [-0.4, -0.2) is 66.0 Å². The molecule has 1 aliphatic rings. The third-order valence-corrected chi connectivity index (χ3v) is 11.2. The van der Waals surface area contributed by atoms with Gasteiger partial charge < -0.3 is 29.9 Å². The maximum Gasteiger partial charge on any atom is 0.333 e. The molecular formula is C46H63FO7. The van der Waals surface area contributed by atoms with Crippen LogP contribution in [0.2, 0.25) is 0 Å². The molecule has 4 rings (SSSR count). The van der Waals surface area contributed by atoms with Gasteiger partial charge in [-0.1, -0.05) is 76.4 Å². The van der Waals surface area contributed by atoms with Crippen molar-refractivity contribution < 1.29 is 39.1 Å². The predicted octanol–water partition coefficient (Wildman–Crippen LogP) is 8.90. The molecule has 1 saturated carbocycles. The number of aryl methyl sites for hydroxylation is 3. The maximum absolute atomic E-state index is 15.9. The van der Waals surface area contributed by atoms with E-state index in [0.29, 0.717) is 54.9 Å². The van der Waals surface area contributed by atoms with Gasteiger partial charge in [0, 0.05) is 17.7 Å². The first-order valence-electron chi connectivity index (χ1n) is 20.1. The van der Waals surface area contributed by atoms with E-state index in [0.717, 1.165) is 57.7 Å². The lowest BCUT2D eigenvalue weighted by molar-refractivity contribution is -0.139. The van der Waals surface area contributed by atoms with Crippen LogP contribution in [-0.2, 0) is 28.8 Å². The fourth-order valence-corrected chi connectivity index (χ4v) is 7.61. The minimum Gasteiger partial charge on any atom is -0.492 e. The Kier molecular flexibility index (Phi) is 17.2. The SMILES string of the molecule is C=C(C)C(=O)OCCCc1cc(-c2ccc(-c3ccc(C4CCC(CCCCC)CC4)cc3F)c(CC)c2)cc(CCCO)c1OCC(CO)(CO)CO. The molecule has 0 unspecified atom stereocenters. The Morgan fingerprint density at radius 1 is 0.815 bits per heavy atom. The van der Waals surface area contributed by atoms with Crippen molar-refractivity contribution in [2.75, 3.05) is 39.6 Å².